The van der Waals surface area contributed by atoms with Gasteiger partial charge < -0.3 is 10.1 Å². The highest BCUT2D eigenvalue weighted by molar-refractivity contribution is 7.22. The Kier molecular flexibility index (Phi) is 3.31. The van der Waals surface area contributed by atoms with Crippen molar-refractivity contribution < 1.29 is 4.74 Å². The summed E-state index contributed by atoms with van der Waals surface area (Å²) in [4.78, 5) is 4.57. The highest BCUT2D eigenvalue weighted by Gasteiger charge is 2.08. The van der Waals surface area contributed by atoms with E-state index in [-0.39, 0.29) is 0 Å². The summed E-state index contributed by atoms with van der Waals surface area (Å²) in [6, 6.07) is 5.96. The molecule has 0 spiro atoms. The summed E-state index contributed by atoms with van der Waals surface area (Å²) in [7, 11) is 1.91. The Balaban J connectivity index is 1.90. The van der Waals surface area contributed by atoms with Crippen LogP contribution in [0.3, 0.4) is 0 Å². The van der Waals surface area contributed by atoms with Crippen LogP contribution in [0, 0.1) is 6.92 Å². The standard InChI is InChI=1S/C14H16N4OS/c1-4-19-10-5-6-11-13(7-10)20-14(15-11)16-12-8-18(3)17-9(12)2/h5-8H,4H2,1-3H3,(H,15,16). The zero-order chi connectivity index (χ0) is 14.1. The van der Waals surface area contributed by atoms with Gasteiger partial charge in [0, 0.05) is 13.2 Å². The minimum Gasteiger partial charge on any atom is -0.494 e. The zero-order valence-electron chi connectivity index (χ0n) is 11.7. The lowest BCUT2D eigenvalue weighted by Crippen LogP contribution is -1.90. The summed E-state index contributed by atoms with van der Waals surface area (Å²) in [5.41, 5.74) is 2.92. The summed E-state index contributed by atoms with van der Waals surface area (Å²) in [6.07, 6.45) is 1.95. The third-order valence-corrected chi connectivity index (χ3v) is 3.86. The van der Waals surface area contributed by atoms with Gasteiger partial charge in [0.1, 0.15) is 5.75 Å². The molecular weight excluding hydrogens is 272 g/mol. The van der Waals surface area contributed by atoms with Crippen LogP contribution < -0.4 is 10.1 Å². The van der Waals surface area contributed by atoms with Crippen LogP contribution in [0.15, 0.2) is 24.4 Å². The van der Waals surface area contributed by atoms with Gasteiger partial charge in [0.15, 0.2) is 5.13 Å². The van der Waals surface area contributed by atoms with Gasteiger partial charge in [-0.3, -0.25) is 4.68 Å². The minimum absolute atomic E-state index is 0.671. The van der Waals surface area contributed by atoms with Crippen LogP contribution in [0.5, 0.6) is 5.75 Å². The van der Waals surface area contributed by atoms with Crippen LogP contribution >= 0.6 is 11.3 Å². The Morgan fingerprint density at radius 3 is 2.95 bits per heavy atom. The number of nitrogens with one attached hydrogen (secondary N) is 1. The van der Waals surface area contributed by atoms with Crippen molar-refractivity contribution in [2.75, 3.05) is 11.9 Å². The number of aryl methyl sites for hydroxylation is 2. The van der Waals surface area contributed by atoms with Gasteiger partial charge >= 0.3 is 0 Å². The Morgan fingerprint density at radius 2 is 2.25 bits per heavy atom. The smallest absolute Gasteiger partial charge is 0.188 e. The second-order valence-electron chi connectivity index (χ2n) is 4.51. The molecule has 2 aromatic heterocycles. The van der Waals surface area contributed by atoms with E-state index < -0.39 is 0 Å². The number of ether oxygens (including phenoxy) is 1. The number of nitrogens with zero attached hydrogens (tertiary/aromatic N) is 3. The fraction of sp³-hybridized carbons (Fsp3) is 0.286. The van der Waals surface area contributed by atoms with Crippen molar-refractivity contribution in [3.8, 4) is 5.75 Å². The average Bonchev–Trinajstić information content (AvgIpc) is 2.93. The molecule has 0 radical (unpaired) electrons. The first-order chi connectivity index (χ1) is 9.65. The molecule has 0 saturated heterocycles. The Bertz CT molecular complexity index is 747. The molecule has 5 nitrogen and oxygen atoms in total. The Labute approximate surface area is 121 Å². The maximum Gasteiger partial charge on any atom is 0.188 e. The highest BCUT2D eigenvalue weighted by atomic mass is 32.1. The van der Waals surface area contributed by atoms with Gasteiger partial charge in [-0.05, 0) is 32.0 Å². The van der Waals surface area contributed by atoms with E-state index in [0.29, 0.717) is 6.61 Å². The van der Waals surface area contributed by atoms with Gasteiger partial charge in [-0.2, -0.15) is 5.10 Å². The first kappa shape index (κ1) is 12.9. The van der Waals surface area contributed by atoms with Crippen LogP contribution in [0.2, 0.25) is 0 Å². The second-order valence-corrected chi connectivity index (χ2v) is 5.54. The summed E-state index contributed by atoms with van der Waals surface area (Å²) in [5, 5.41) is 8.49. The molecule has 0 amide bonds. The van der Waals surface area contributed by atoms with Crippen LogP contribution in [-0.4, -0.2) is 21.4 Å². The van der Waals surface area contributed by atoms with E-state index >= 15 is 0 Å². The molecule has 0 fully saturated rings. The molecule has 104 valence electrons. The topological polar surface area (TPSA) is 52.0 Å². The van der Waals surface area contributed by atoms with Gasteiger partial charge in [0.2, 0.25) is 0 Å². The van der Waals surface area contributed by atoms with Crippen molar-refractivity contribution >= 4 is 32.4 Å². The average molecular weight is 288 g/mol. The molecule has 0 aliphatic heterocycles. The number of thiazole rings is 1. The molecule has 2 heterocycles. The lowest BCUT2D eigenvalue weighted by Gasteiger charge is -2.00. The lowest BCUT2D eigenvalue weighted by molar-refractivity contribution is 0.341. The fourth-order valence-electron chi connectivity index (χ4n) is 2.05. The Morgan fingerprint density at radius 1 is 1.40 bits per heavy atom. The number of anilines is 2. The first-order valence-electron chi connectivity index (χ1n) is 6.46. The van der Waals surface area contributed by atoms with E-state index in [4.69, 9.17) is 4.74 Å². The second kappa shape index (κ2) is 5.13. The van der Waals surface area contributed by atoms with Crippen LogP contribution in [0.1, 0.15) is 12.6 Å². The summed E-state index contributed by atoms with van der Waals surface area (Å²) < 4.78 is 8.41. The van der Waals surface area contributed by atoms with Crippen molar-refractivity contribution in [2.45, 2.75) is 13.8 Å². The van der Waals surface area contributed by atoms with Crippen molar-refractivity contribution in [1.82, 2.24) is 14.8 Å². The van der Waals surface area contributed by atoms with Crippen molar-refractivity contribution in [3.63, 3.8) is 0 Å². The molecule has 3 aromatic rings. The third-order valence-electron chi connectivity index (χ3n) is 2.93. The van der Waals surface area contributed by atoms with E-state index in [1.54, 1.807) is 16.0 Å². The van der Waals surface area contributed by atoms with Gasteiger partial charge in [-0.1, -0.05) is 11.3 Å². The molecule has 0 saturated carbocycles. The van der Waals surface area contributed by atoms with Gasteiger partial charge in [-0.15, -0.1) is 0 Å². The maximum atomic E-state index is 5.51. The van der Waals surface area contributed by atoms with Crippen molar-refractivity contribution in [3.05, 3.63) is 30.1 Å². The van der Waals surface area contributed by atoms with Crippen LogP contribution in [-0.2, 0) is 7.05 Å². The quantitative estimate of drug-likeness (QED) is 0.798. The Hall–Kier alpha value is -2.08. The molecule has 0 aliphatic rings. The van der Waals surface area contributed by atoms with Crippen LogP contribution in [0.25, 0.3) is 10.2 Å². The van der Waals surface area contributed by atoms with Crippen molar-refractivity contribution in [1.29, 1.82) is 0 Å². The summed E-state index contributed by atoms with van der Waals surface area (Å²) in [6.45, 7) is 4.63. The molecule has 0 unspecified atom stereocenters. The molecule has 6 heteroatoms. The number of fused-ring (bicyclic) bond motifs is 1. The van der Waals surface area contributed by atoms with E-state index in [2.05, 4.69) is 15.4 Å². The third kappa shape index (κ3) is 2.46. The van der Waals surface area contributed by atoms with Gasteiger partial charge in [0.05, 0.1) is 28.2 Å². The van der Waals surface area contributed by atoms with Gasteiger partial charge in [0.25, 0.3) is 0 Å². The number of rotatable bonds is 4. The molecule has 0 bridgehead atoms. The largest absolute Gasteiger partial charge is 0.494 e. The van der Waals surface area contributed by atoms with E-state index in [1.807, 2.05) is 45.3 Å². The molecule has 0 atom stereocenters. The van der Waals surface area contributed by atoms with Gasteiger partial charge in [-0.25, -0.2) is 4.98 Å². The number of hydrogen-bond acceptors (Lipinski definition) is 5. The van der Waals surface area contributed by atoms with Crippen molar-refractivity contribution in [2.24, 2.45) is 7.05 Å². The number of aromatic nitrogens is 3. The molecule has 1 N–H and O–H groups in total. The first-order valence-corrected chi connectivity index (χ1v) is 7.28. The number of benzene rings is 1. The van der Waals surface area contributed by atoms with E-state index in [0.717, 1.165) is 32.5 Å². The SMILES string of the molecule is CCOc1ccc2nc(Nc3cn(C)nc3C)sc2c1. The fourth-order valence-corrected chi connectivity index (χ4v) is 2.96. The molecule has 0 aliphatic carbocycles. The normalized spacial score (nSPS) is 10.9. The molecule has 1 aromatic carbocycles. The maximum absolute atomic E-state index is 5.51. The number of hydrogen-bond donors (Lipinski definition) is 1. The van der Waals surface area contributed by atoms with Crippen LogP contribution in [0.4, 0.5) is 10.8 Å². The van der Waals surface area contributed by atoms with E-state index in [9.17, 15) is 0 Å². The monoisotopic (exact) mass is 288 g/mol. The predicted octanol–water partition coefficient (Wildman–Crippen LogP) is 3.48. The molecule has 20 heavy (non-hydrogen) atoms. The molecular formula is C14H16N4OS. The minimum atomic E-state index is 0.671. The zero-order valence-corrected chi connectivity index (χ0v) is 12.5. The predicted molar refractivity (Wildman–Crippen MR) is 82.0 cm³/mol. The highest BCUT2D eigenvalue weighted by Crippen LogP contribution is 2.31. The lowest BCUT2D eigenvalue weighted by atomic mass is 10.3. The van der Waals surface area contributed by atoms with E-state index in [1.165, 1.54) is 0 Å². The summed E-state index contributed by atoms with van der Waals surface area (Å²) >= 11 is 1.61. The molecule has 3 rings (SSSR count). The summed E-state index contributed by atoms with van der Waals surface area (Å²) in [5.74, 6) is 0.882.